The lowest BCUT2D eigenvalue weighted by Gasteiger charge is -2.03. The summed E-state index contributed by atoms with van der Waals surface area (Å²) >= 11 is 5.39. The van der Waals surface area contributed by atoms with E-state index >= 15 is 0 Å². The summed E-state index contributed by atoms with van der Waals surface area (Å²) in [6, 6.07) is 2.03. The second kappa shape index (κ2) is 4.38. The van der Waals surface area contributed by atoms with Crippen LogP contribution in [0.25, 0.3) is 0 Å². The molecule has 0 saturated heterocycles. The second-order valence-corrected chi connectivity index (χ2v) is 3.87. The van der Waals surface area contributed by atoms with Crippen LogP contribution < -0.4 is 0 Å². The Hall–Kier alpha value is -1.95. The standard InChI is InChI=1S/C11H5ClF3NO2/c12-6-3-8(16-11(6)15)10(18)5-1-4(13)2-7(14)9(5)17/h1-3,16-17H. The van der Waals surface area contributed by atoms with Gasteiger partial charge in [-0.1, -0.05) is 11.6 Å². The molecule has 18 heavy (non-hydrogen) atoms. The summed E-state index contributed by atoms with van der Waals surface area (Å²) in [4.78, 5) is 13.8. The first-order chi connectivity index (χ1) is 8.40. The Balaban J connectivity index is 2.52. The number of phenols is 1. The van der Waals surface area contributed by atoms with E-state index in [1.807, 2.05) is 4.98 Å². The lowest BCUT2D eigenvalue weighted by atomic mass is 10.1. The highest BCUT2D eigenvalue weighted by Crippen LogP contribution is 2.26. The van der Waals surface area contributed by atoms with E-state index in [9.17, 15) is 23.1 Å². The van der Waals surface area contributed by atoms with Crippen molar-refractivity contribution in [3.05, 3.63) is 52.1 Å². The SMILES string of the molecule is O=C(c1cc(Cl)c(F)[nH]1)c1cc(F)cc(F)c1O. The van der Waals surface area contributed by atoms with Crippen molar-refractivity contribution >= 4 is 17.4 Å². The Morgan fingerprint density at radius 2 is 1.89 bits per heavy atom. The third kappa shape index (κ3) is 2.06. The minimum Gasteiger partial charge on any atom is -0.504 e. The summed E-state index contributed by atoms with van der Waals surface area (Å²) in [6.45, 7) is 0. The Morgan fingerprint density at radius 3 is 2.44 bits per heavy atom. The van der Waals surface area contributed by atoms with Crippen molar-refractivity contribution in [2.75, 3.05) is 0 Å². The van der Waals surface area contributed by atoms with Crippen molar-refractivity contribution in [1.82, 2.24) is 4.98 Å². The van der Waals surface area contributed by atoms with Gasteiger partial charge in [-0.3, -0.25) is 4.79 Å². The van der Waals surface area contributed by atoms with Crippen molar-refractivity contribution in [2.45, 2.75) is 0 Å². The molecule has 1 heterocycles. The topological polar surface area (TPSA) is 53.1 Å². The number of hydrogen-bond donors (Lipinski definition) is 2. The van der Waals surface area contributed by atoms with Gasteiger partial charge in [0.25, 0.3) is 0 Å². The number of aromatic nitrogens is 1. The van der Waals surface area contributed by atoms with E-state index in [4.69, 9.17) is 11.6 Å². The lowest BCUT2D eigenvalue weighted by Crippen LogP contribution is -2.04. The molecule has 0 saturated carbocycles. The first-order valence-electron chi connectivity index (χ1n) is 4.67. The number of carbonyl (C=O) groups excluding carboxylic acids is 1. The van der Waals surface area contributed by atoms with Crippen LogP contribution in [0.1, 0.15) is 16.1 Å². The number of nitrogens with one attached hydrogen (secondary N) is 1. The Kier molecular flexibility index (Phi) is 3.04. The summed E-state index contributed by atoms with van der Waals surface area (Å²) in [5, 5.41) is 8.99. The summed E-state index contributed by atoms with van der Waals surface area (Å²) in [7, 11) is 0. The van der Waals surface area contributed by atoms with Gasteiger partial charge in [0.05, 0.1) is 16.3 Å². The molecular formula is C11H5ClF3NO2. The molecule has 0 atom stereocenters. The number of halogens is 4. The maximum Gasteiger partial charge on any atom is 0.213 e. The van der Waals surface area contributed by atoms with E-state index in [1.165, 1.54) is 0 Å². The number of hydrogen-bond acceptors (Lipinski definition) is 2. The second-order valence-electron chi connectivity index (χ2n) is 3.46. The van der Waals surface area contributed by atoms with Gasteiger partial charge in [0.1, 0.15) is 5.82 Å². The molecular weight excluding hydrogens is 271 g/mol. The number of aromatic amines is 1. The van der Waals surface area contributed by atoms with Crippen LogP contribution in [0.2, 0.25) is 5.02 Å². The summed E-state index contributed by atoms with van der Waals surface area (Å²) in [5.41, 5.74) is -0.941. The maximum absolute atomic E-state index is 13.0. The van der Waals surface area contributed by atoms with Gasteiger partial charge in [-0.2, -0.15) is 4.39 Å². The van der Waals surface area contributed by atoms with Gasteiger partial charge < -0.3 is 10.1 Å². The fraction of sp³-hybridized carbons (Fsp3) is 0. The zero-order valence-electron chi connectivity index (χ0n) is 8.60. The summed E-state index contributed by atoms with van der Waals surface area (Å²) in [5.74, 6) is -5.25. The molecule has 1 aromatic carbocycles. The molecule has 2 rings (SSSR count). The smallest absolute Gasteiger partial charge is 0.213 e. The average molecular weight is 276 g/mol. The summed E-state index contributed by atoms with van der Waals surface area (Å²) in [6.07, 6.45) is 0. The first kappa shape index (κ1) is 12.5. The highest BCUT2D eigenvalue weighted by atomic mass is 35.5. The van der Waals surface area contributed by atoms with E-state index in [1.54, 1.807) is 0 Å². The van der Waals surface area contributed by atoms with Crippen molar-refractivity contribution in [3.8, 4) is 5.75 Å². The number of H-pyrrole nitrogens is 1. The van der Waals surface area contributed by atoms with Gasteiger partial charge in [0.2, 0.25) is 11.7 Å². The van der Waals surface area contributed by atoms with Crippen LogP contribution in [0.15, 0.2) is 18.2 Å². The zero-order chi connectivity index (χ0) is 13.4. The van der Waals surface area contributed by atoms with Crippen molar-refractivity contribution in [2.24, 2.45) is 0 Å². The molecule has 0 amide bonds. The molecule has 2 N–H and O–H groups in total. The van der Waals surface area contributed by atoms with Crippen molar-refractivity contribution < 1.29 is 23.1 Å². The monoisotopic (exact) mass is 275 g/mol. The molecule has 0 bridgehead atoms. The molecule has 0 fully saturated rings. The van der Waals surface area contributed by atoms with Crippen LogP contribution in [0, 0.1) is 17.6 Å². The normalized spacial score (nSPS) is 10.7. The number of carbonyl (C=O) groups is 1. The molecule has 0 radical (unpaired) electrons. The fourth-order valence-electron chi connectivity index (χ4n) is 1.41. The van der Waals surface area contributed by atoms with Crippen LogP contribution in [0.4, 0.5) is 13.2 Å². The lowest BCUT2D eigenvalue weighted by molar-refractivity contribution is 0.103. The van der Waals surface area contributed by atoms with Gasteiger partial charge in [0, 0.05) is 6.07 Å². The van der Waals surface area contributed by atoms with Crippen molar-refractivity contribution in [1.29, 1.82) is 0 Å². The van der Waals surface area contributed by atoms with Crippen LogP contribution in [0.3, 0.4) is 0 Å². The van der Waals surface area contributed by atoms with Crippen LogP contribution in [-0.2, 0) is 0 Å². The van der Waals surface area contributed by atoms with Crippen LogP contribution in [0.5, 0.6) is 5.75 Å². The van der Waals surface area contributed by atoms with Gasteiger partial charge >= 0.3 is 0 Å². The van der Waals surface area contributed by atoms with Crippen LogP contribution >= 0.6 is 11.6 Å². The van der Waals surface area contributed by atoms with E-state index < -0.39 is 34.7 Å². The molecule has 1 aromatic heterocycles. The fourth-order valence-corrected chi connectivity index (χ4v) is 1.57. The number of phenolic OH excluding ortho intramolecular Hbond substituents is 1. The number of aromatic hydroxyl groups is 1. The zero-order valence-corrected chi connectivity index (χ0v) is 9.36. The molecule has 0 unspecified atom stereocenters. The quantitative estimate of drug-likeness (QED) is 0.828. The molecule has 2 aromatic rings. The number of rotatable bonds is 2. The minimum atomic E-state index is -1.28. The predicted molar refractivity (Wildman–Crippen MR) is 57.2 cm³/mol. The van der Waals surface area contributed by atoms with Gasteiger partial charge in [-0.15, -0.1) is 0 Å². The van der Waals surface area contributed by atoms with E-state index in [2.05, 4.69) is 0 Å². The van der Waals surface area contributed by atoms with Gasteiger partial charge in [-0.25, -0.2) is 8.78 Å². The van der Waals surface area contributed by atoms with Crippen LogP contribution in [-0.4, -0.2) is 15.9 Å². The maximum atomic E-state index is 13.0. The Morgan fingerprint density at radius 1 is 1.22 bits per heavy atom. The number of benzene rings is 1. The first-order valence-corrected chi connectivity index (χ1v) is 5.04. The molecule has 7 heteroatoms. The largest absolute Gasteiger partial charge is 0.504 e. The Labute approximate surface area is 104 Å². The van der Waals surface area contributed by atoms with Crippen molar-refractivity contribution in [3.63, 3.8) is 0 Å². The molecule has 0 aliphatic rings. The molecule has 94 valence electrons. The van der Waals surface area contributed by atoms with E-state index in [-0.39, 0.29) is 10.7 Å². The predicted octanol–water partition coefficient (Wildman–Crippen LogP) is 3.02. The number of ketones is 1. The summed E-state index contributed by atoms with van der Waals surface area (Å²) < 4.78 is 38.9. The average Bonchev–Trinajstić information content (AvgIpc) is 2.63. The molecule has 0 spiro atoms. The minimum absolute atomic E-state index is 0.321. The molecule has 0 aliphatic heterocycles. The Bertz CT molecular complexity index is 620. The highest BCUT2D eigenvalue weighted by molar-refractivity contribution is 6.31. The molecule has 3 nitrogen and oxygen atoms in total. The highest BCUT2D eigenvalue weighted by Gasteiger charge is 2.21. The third-order valence-corrected chi connectivity index (χ3v) is 2.52. The third-order valence-electron chi connectivity index (χ3n) is 2.24. The van der Waals surface area contributed by atoms with E-state index in [0.717, 1.165) is 6.07 Å². The molecule has 0 aliphatic carbocycles. The van der Waals surface area contributed by atoms with Gasteiger partial charge in [-0.05, 0) is 12.1 Å². The van der Waals surface area contributed by atoms with E-state index in [0.29, 0.717) is 12.1 Å². The van der Waals surface area contributed by atoms with Gasteiger partial charge in [0.15, 0.2) is 11.6 Å².